The molecular weight excluding hydrogens is 833 g/mol. The molecule has 0 atom stereocenters. The van der Waals surface area contributed by atoms with Crippen molar-refractivity contribution in [1.29, 1.82) is 0 Å². The zero-order chi connectivity index (χ0) is 44.4. The topological polar surface area (TPSA) is 234 Å². The van der Waals surface area contributed by atoms with Crippen molar-refractivity contribution in [2.45, 2.75) is 40.5 Å². The SMILES string of the molecule is CC/C=C/c1ccc(F)c(-c2cc(N(O)C(=O)OC)cnc2C)c1.CC/C=C/c1ccc(F)c(B(O)O)c1.COC(=O)N(O)c1cnc(C)c(Br)c1.O=C=O.O=C=O. The van der Waals surface area contributed by atoms with Crippen molar-refractivity contribution in [1.82, 2.24) is 9.97 Å². The second kappa shape index (κ2) is 28.2. The number of hydrogen-bond donors (Lipinski definition) is 4. The second-order valence-electron chi connectivity index (χ2n) is 10.8. The molecule has 2 amide bonds. The van der Waals surface area contributed by atoms with Gasteiger partial charge in [0.15, 0.2) is 0 Å². The summed E-state index contributed by atoms with van der Waals surface area (Å²) in [5.41, 5.74) is 4.04. The van der Waals surface area contributed by atoms with Gasteiger partial charge in [-0.3, -0.25) is 20.4 Å². The van der Waals surface area contributed by atoms with Crippen molar-refractivity contribution in [3.63, 3.8) is 0 Å². The fourth-order valence-electron chi connectivity index (χ4n) is 4.13. The number of pyridine rings is 2. The Bertz CT molecular complexity index is 2070. The van der Waals surface area contributed by atoms with Crippen LogP contribution < -0.4 is 15.6 Å². The Balaban J connectivity index is 0.000000823. The lowest BCUT2D eigenvalue weighted by atomic mass is 9.79. The molecule has 0 saturated carbocycles. The molecule has 0 saturated heterocycles. The number of methoxy groups -OCH3 is 2. The number of aryl methyl sites for hydroxylation is 2. The van der Waals surface area contributed by atoms with Gasteiger partial charge in [0.05, 0.1) is 43.7 Å². The summed E-state index contributed by atoms with van der Waals surface area (Å²) in [5.74, 6) is -1.01. The Morgan fingerprint density at radius 2 is 1.17 bits per heavy atom. The number of nitrogens with zero attached hydrogens (tertiary/aromatic N) is 4. The molecule has 4 rings (SSSR count). The summed E-state index contributed by atoms with van der Waals surface area (Å²) >= 11 is 3.23. The lowest BCUT2D eigenvalue weighted by Crippen LogP contribution is -2.32. The summed E-state index contributed by atoms with van der Waals surface area (Å²) in [6, 6.07) is 12.1. The van der Waals surface area contributed by atoms with Crippen molar-refractivity contribution in [2.24, 2.45) is 0 Å². The largest absolute Gasteiger partial charge is 0.491 e. The Labute approximate surface area is 340 Å². The minimum atomic E-state index is -1.76. The molecule has 20 heteroatoms. The van der Waals surface area contributed by atoms with Crippen LogP contribution in [-0.2, 0) is 28.7 Å². The zero-order valence-electron chi connectivity index (χ0n) is 32.1. The molecule has 2 heterocycles. The normalized spacial score (nSPS) is 9.74. The first kappa shape index (κ1) is 51.8. The van der Waals surface area contributed by atoms with Gasteiger partial charge in [-0.05, 0) is 84.1 Å². The molecule has 0 radical (unpaired) electrons. The number of halogens is 3. The van der Waals surface area contributed by atoms with Crippen LogP contribution in [0.3, 0.4) is 0 Å². The van der Waals surface area contributed by atoms with Crippen molar-refractivity contribution >= 4 is 76.5 Å². The fraction of sp³-hybridized carbons (Fsp3) is 0.211. The number of benzene rings is 2. The highest BCUT2D eigenvalue weighted by Crippen LogP contribution is 2.30. The number of anilines is 2. The zero-order valence-corrected chi connectivity index (χ0v) is 33.6. The summed E-state index contributed by atoms with van der Waals surface area (Å²) in [4.78, 5) is 62.9. The molecule has 308 valence electrons. The Morgan fingerprint density at radius 3 is 1.60 bits per heavy atom. The van der Waals surface area contributed by atoms with Crippen molar-refractivity contribution in [2.75, 3.05) is 24.3 Å². The standard InChI is InChI=1S/C18H19FN2O3.C10H12BFO2.C8H9BrN2O3.2CO2/c1-4-5-6-13-7-8-17(19)16(9-13)15-10-14(11-20-12(15)2)21(23)18(22)24-3;1-2-3-4-8-5-6-10(12)9(7-8)11(13)14;1-5-7(9)3-6(4-10-5)11(13)8(12)14-2;2*2-1-3/h5-11,23H,4H2,1-3H3;3-7,13-14H,2H2,1H3;3-4,13H,1-2H3;;/b6-5+;4-3+;;;. The van der Waals surface area contributed by atoms with Crippen LogP contribution in [0.25, 0.3) is 23.3 Å². The number of amides is 2. The molecule has 0 spiro atoms. The first-order chi connectivity index (χ1) is 27.5. The van der Waals surface area contributed by atoms with E-state index in [-0.39, 0.29) is 29.1 Å². The third kappa shape index (κ3) is 17.7. The number of aromatic nitrogens is 2. The molecule has 0 bridgehead atoms. The van der Waals surface area contributed by atoms with Gasteiger partial charge in [-0.1, -0.05) is 56.4 Å². The van der Waals surface area contributed by atoms with Crippen LogP contribution in [0, 0.1) is 25.5 Å². The van der Waals surface area contributed by atoms with E-state index >= 15 is 0 Å². The number of carbonyl (C=O) groups is 2. The predicted octanol–water partition coefficient (Wildman–Crippen LogP) is 6.46. The summed E-state index contributed by atoms with van der Waals surface area (Å²) in [5, 5.41) is 37.5. The minimum Gasteiger partial charge on any atom is -0.451 e. The van der Waals surface area contributed by atoms with Crippen molar-refractivity contribution < 1.29 is 67.5 Å². The molecule has 2 aromatic carbocycles. The minimum absolute atomic E-state index is 0.0938. The molecule has 0 aliphatic rings. The average molecular weight is 873 g/mol. The lowest BCUT2D eigenvalue weighted by Gasteiger charge is -2.15. The van der Waals surface area contributed by atoms with Gasteiger partial charge < -0.3 is 19.5 Å². The Kier molecular flexibility index (Phi) is 25.2. The smallest absolute Gasteiger partial charge is 0.451 e. The van der Waals surface area contributed by atoms with Crippen LogP contribution in [0.5, 0.6) is 0 Å². The van der Waals surface area contributed by atoms with Gasteiger partial charge in [0.2, 0.25) is 0 Å². The molecule has 4 N–H and O–H groups in total. The highest BCUT2D eigenvalue weighted by Gasteiger charge is 2.18. The molecule has 0 fully saturated rings. The highest BCUT2D eigenvalue weighted by atomic mass is 79.9. The molecular formula is C38H40BBrF2N4O12. The highest BCUT2D eigenvalue weighted by molar-refractivity contribution is 9.10. The van der Waals surface area contributed by atoms with E-state index < -0.39 is 30.9 Å². The van der Waals surface area contributed by atoms with Crippen LogP contribution in [0.15, 0.2) is 77.5 Å². The summed E-state index contributed by atoms with van der Waals surface area (Å²) in [7, 11) is 0.574. The second-order valence-corrected chi connectivity index (χ2v) is 11.7. The van der Waals surface area contributed by atoms with Gasteiger partial charge in [0, 0.05) is 26.8 Å². The van der Waals surface area contributed by atoms with Gasteiger partial charge in [0.1, 0.15) is 11.6 Å². The quantitative estimate of drug-likeness (QED) is 0.0846. The van der Waals surface area contributed by atoms with Crippen LogP contribution >= 0.6 is 15.9 Å². The van der Waals surface area contributed by atoms with Gasteiger partial charge in [-0.25, -0.2) is 18.4 Å². The number of hydroxylamine groups is 2. The summed E-state index contributed by atoms with van der Waals surface area (Å²) in [6.45, 7) is 7.53. The number of allylic oxidation sites excluding steroid dienone is 2. The summed E-state index contributed by atoms with van der Waals surface area (Å²) in [6.07, 6.45) is 10.7. The molecule has 0 aliphatic carbocycles. The number of hydrogen-bond acceptors (Lipinski definition) is 14. The average Bonchev–Trinajstić information content (AvgIpc) is 3.21. The predicted molar refractivity (Wildman–Crippen MR) is 209 cm³/mol. The van der Waals surface area contributed by atoms with E-state index in [1.807, 2.05) is 38.2 Å². The molecule has 16 nitrogen and oxygen atoms in total. The molecule has 58 heavy (non-hydrogen) atoms. The first-order valence-corrected chi connectivity index (χ1v) is 17.3. The monoisotopic (exact) mass is 872 g/mol. The Morgan fingerprint density at radius 1 is 0.741 bits per heavy atom. The van der Waals surface area contributed by atoms with Crippen LogP contribution in [-0.4, -0.2) is 76.3 Å². The maximum Gasteiger partial charge on any atom is 0.491 e. The molecule has 0 aliphatic heterocycles. The molecule has 2 aromatic heterocycles. The van der Waals surface area contributed by atoms with Crippen molar-refractivity contribution in [3.8, 4) is 11.1 Å². The van der Waals surface area contributed by atoms with E-state index in [0.717, 1.165) is 36.8 Å². The number of rotatable bonds is 8. The van der Waals surface area contributed by atoms with Crippen molar-refractivity contribution in [3.05, 3.63) is 112 Å². The van der Waals surface area contributed by atoms with E-state index in [4.69, 9.17) is 29.2 Å². The lowest BCUT2D eigenvalue weighted by molar-refractivity contribution is -0.193. The number of carbonyl (C=O) groups excluding carboxylic acids is 6. The van der Waals surface area contributed by atoms with Gasteiger partial charge >= 0.3 is 31.6 Å². The van der Waals surface area contributed by atoms with Gasteiger partial charge in [0.25, 0.3) is 0 Å². The third-order valence-electron chi connectivity index (χ3n) is 6.94. The Hall–Kier alpha value is -6.24. The van der Waals surface area contributed by atoms with Crippen LogP contribution in [0.1, 0.15) is 49.2 Å². The van der Waals surface area contributed by atoms with E-state index in [1.165, 1.54) is 43.8 Å². The maximum absolute atomic E-state index is 14.3. The van der Waals surface area contributed by atoms with E-state index in [2.05, 4.69) is 35.4 Å². The third-order valence-corrected chi connectivity index (χ3v) is 7.74. The van der Waals surface area contributed by atoms with Crippen LogP contribution in [0.4, 0.5) is 29.7 Å². The molecule has 0 unspecified atom stereocenters. The van der Waals surface area contributed by atoms with Crippen LogP contribution in [0.2, 0.25) is 0 Å². The molecule has 4 aromatic rings. The first-order valence-electron chi connectivity index (χ1n) is 16.5. The van der Waals surface area contributed by atoms with Gasteiger partial charge in [-0.15, -0.1) is 0 Å². The number of ether oxygens (including phenoxy) is 2. The van der Waals surface area contributed by atoms with E-state index in [1.54, 1.807) is 38.1 Å². The fourth-order valence-corrected chi connectivity index (χ4v) is 4.47. The van der Waals surface area contributed by atoms with Gasteiger partial charge in [-0.2, -0.15) is 29.3 Å². The summed E-state index contributed by atoms with van der Waals surface area (Å²) < 4.78 is 36.8. The van der Waals surface area contributed by atoms with E-state index in [9.17, 15) is 28.8 Å². The van der Waals surface area contributed by atoms with E-state index in [0.29, 0.717) is 31.4 Å². The maximum atomic E-state index is 14.3.